The summed E-state index contributed by atoms with van der Waals surface area (Å²) in [6, 6.07) is 9.67. The van der Waals surface area contributed by atoms with Crippen molar-refractivity contribution in [3.8, 4) is 11.5 Å². The molecule has 0 fully saturated rings. The molecule has 0 aliphatic heterocycles. The number of carbonyl (C=O) groups excluding carboxylic acids is 2. The third-order valence-electron chi connectivity index (χ3n) is 4.66. The highest BCUT2D eigenvalue weighted by molar-refractivity contribution is 6.13. The quantitative estimate of drug-likeness (QED) is 0.426. The number of hydrogen-bond donors (Lipinski definition) is 3. The van der Waals surface area contributed by atoms with Gasteiger partial charge in [0.2, 0.25) is 0 Å². The molecule has 0 radical (unpaired) electrons. The van der Waals surface area contributed by atoms with Crippen LogP contribution in [0.5, 0.6) is 11.5 Å². The van der Waals surface area contributed by atoms with Crippen LogP contribution in [0.4, 0.5) is 0 Å². The van der Waals surface area contributed by atoms with Crippen molar-refractivity contribution in [1.29, 1.82) is 0 Å². The molecule has 0 saturated heterocycles. The van der Waals surface area contributed by atoms with Crippen LogP contribution in [0, 0.1) is 19.8 Å². The zero-order chi connectivity index (χ0) is 22.3. The molecule has 2 rings (SSSR count). The number of carboxylic acids is 1. The van der Waals surface area contributed by atoms with Crippen molar-refractivity contribution in [2.45, 2.75) is 26.7 Å². The fourth-order valence-electron chi connectivity index (χ4n) is 2.85. The molecule has 0 bridgehead atoms. The van der Waals surface area contributed by atoms with Gasteiger partial charge in [0.15, 0.2) is 11.6 Å². The van der Waals surface area contributed by atoms with Crippen LogP contribution in [0.15, 0.2) is 48.6 Å². The summed E-state index contributed by atoms with van der Waals surface area (Å²) in [7, 11) is 0. The normalized spacial score (nSPS) is 11.4. The summed E-state index contributed by atoms with van der Waals surface area (Å²) in [4.78, 5) is 36.2. The first-order chi connectivity index (χ1) is 14.2. The Balaban J connectivity index is 2.18. The van der Waals surface area contributed by atoms with Crippen LogP contribution in [0.3, 0.4) is 0 Å². The SMILES string of the molecule is Cc1cc(/C=C/C(=O)C(CCC(=O)O)C(=O)/C=C/c2ccc(O)c(C)c2)ccc1O. The zero-order valence-corrected chi connectivity index (χ0v) is 16.8. The predicted molar refractivity (Wildman–Crippen MR) is 114 cm³/mol. The number of aromatic hydroxyl groups is 2. The smallest absolute Gasteiger partial charge is 0.303 e. The summed E-state index contributed by atoms with van der Waals surface area (Å²) in [5, 5.41) is 28.1. The summed E-state index contributed by atoms with van der Waals surface area (Å²) >= 11 is 0. The van der Waals surface area contributed by atoms with Crippen molar-refractivity contribution in [2.24, 2.45) is 5.92 Å². The highest BCUT2D eigenvalue weighted by Gasteiger charge is 2.23. The molecule has 3 N–H and O–H groups in total. The Kier molecular flexibility index (Phi) is 7.69. The molecule has 0 saturated carbocycles. The topological polar surface area (TPSA) is 112 Å². The number of allylic oxidation sites excluding steroid dienone is 2. The van der Waals surface area contributed by atoms with E-state index in [-0.39, 0.29) is 24.3 Å². The minimum Gasteiger partial charge on any atom is -0.508 e. The average molecular weight is 408 g/mol. The maximum atomic E-state index is 12.6. The Labute approximate surface area is 174 Å². The molecule has 6 heteroatoms. The van der Waals surface area contributed by atoms with Gasteiger partial charge in [0.25, 0.3) is 0 Å². The number of phenols is 2. The Bertz CT molecular complexity index is 943. The van der Waals surface area contributed by atoms with E-state index in [2.05, 4.69) is 0 Å². The van der Waals surface area contributed by atoms with Crippen molar-refractivity contribution in [2.75, 3.05) is 0 Å². The van der Waals surface area contributed by atoms with E-state index in [1.807, 2.05) is 0 Å². The van der Waals surface area contributed by atoms with Gasteiger partial charge in [-0.1, -0.05) is 24.3 Å². The number of ketones is 2. The third kappa shape index (κ3) is 6.44. The zero-order valence-electron chi connectivity index (χ0n) is 16.8. The molecule has 0 atom stereocenters. The van der Waals surface area contributed by atoms with E-state index in [4.69, 9.17) is 5.11 Å². The minimum absolute atomic E-state index is 0.106. The predicted octanol–water partition coefficient (Wildman–Crippen LogP) is 4.06. The van der Waals surface area contributed by atoms with Gasteiger partial charge in [-0.25, -0.2) is 0 Å². The Morgan fingerprint density at radius 2 is 1.27 bits per heavy atom. The maximum absolute atomic E-state index is 12.6. The Morgan fingerprint density at radius 1 is 0.833 bits per heavy atom. The average Bonchev–Trinajstić information content (AvgIpc) is 2.69. The van der Waals surface area contributed by atoms with Crippen molar-refractivity contribution in [3.63, 3.8) is 0 Å². The fourth-order valence-corrected chi connectivity index (χ4v) is 2.85. The summed E-state index contributed by atoms with van der Waals surface area (Å²) < 4.78 is 0. The van der Waals surface area contributed by atoms with Crippen LogP contribution in [-0.2, 0) is 14.4 Å². The van der Waals surface area contributed by atoms with Crippen LogP contribution in [-0.4, -0.2) is 32.9 Å². The first-order valence-corrected chi connectivity index (χ1v) is 9.42. The number of hydrogen-bond acceptors (Lipinski definition) is 5. The standard InChI is InChI=1S/C24H24O6/c1-15-13-17(3-8-20(15)25)5-10-22(27)19(7-12-24(29)30)23(28)11-6-18-4-9-21(26)16(2)14-18/h3-6,8-11,13-14,19,25-26H,7,12H2,1-2H3,(H,29,30)/b10-5+,11-6+. The molecule has 0 unspecified atom stereocenters. The number of carboxylic acid groups (broad SMARTS) is 1. The second-order valence-electron chi connectivity index (χ2n) is 7.05. The molecule has 0 aliphatic rings. The lowest BCUT2D eigenvalue weighted by Crippen LogP contribution is -2.22. The van der Waals surface area contributed by atoms with E-state index in [9.17, 15) is 24.6 Å². The van der Waals surface area contributed by atoms with Gasteiger partial charge >= 0.3 is 5.97 Å². The number of aryl methyl sites for hydroxylation is 2. The molecule has 0 spiro atoms. The van der Waals surface area contributed by atoms with E-state index in [0.717, 1.165) is 0 Å². The third-order valence-corrected chi connectivity index (χ3v) is 4.66. The number of benzene rings is 2. The minimum atomic E-state index is -1.11. The summed E-state index contributed by atoms with van der Waals surface area (Å²) in [6.07, 6.45) is 5.17. The van der Waals surface area contributed by atoms with Crippen molar-refractivity contribution in [1.82, 2.24) is 0 Å². The molecule has 2 aromatic rings. The molecule has 30 heavy (non-hydrogen) atoms. The largest absolute Gasteiger partial charge is 0.508 e. The number of rotatable bonds is 9. The van der Waals surface area contributed by atoms with Gasteiger partial charge < -0.3 is 15.3 Å². The van der Waals surface area contributed by atoms with Crippen molar-refractivity contribution >= 4 is 29.7 Å². The van der Waals surface area contributed by atoms with E-state index in [0.29, 0.717) is 22.3 Å². The summed E-state index contributed by atoms with van der Waals surface area (Å²) in [6.45, 7) is 3.45. The van der Waals surface area contributed by atoms with Crippen LogP contribution in [0.25, 0.3) is 12.2 Å². The van der Waals surface area contributed by atoms with Crippen LogP contribution in [0.2, 0.25) is 0 Å². The highest BCUT2D eigenvalue weighted by Crippen LogP contribution is 2.20. The van der Waals surface area contributed by atoms with Gasteiger partial charge in [-0.15, -0.1) is 0 Å². The van der Waals surface area contributed by atoms with Crippen molar-refractivity contribution in [3.05, 3.63) is 70.8 Å². The number of aliphatic carboxylic acids is 1. The van der Waals surface area contributed by atoms with E-state index >= 15 is 0 Å². The second kappa shape index (κ2) is 10.2. The van der Waals surface area contributed by atoms with Gasteiger partial charge in [0, 0.05) is 6.42 Å². The molecule has 0 aliphatic carbocycles. The highest BCUT2D eigenvalue weighted by atomic mass is 16.4. The molecule has 6 nitrogen and oxygen atoms in total. The Hall–Kier alpha value is -3.67. The van der Waals surface area contributed by atoms with Gasteiger partial charge in [-0.3, -0.25) is 14.4 Å². The summed E-state index contributed by atoms with van der Waals surface area (Å²) in [5.41, 5.74) is 2.65. The van der Waals surface area contributed by atoms with Gasteiger partial charge in [0.05, 0.1) is 5.92 Å². The lowest BCUT2D eigenvalue weighted by atomic mass is 9.92. The maximum Gasteiger partial charge on any atom is 0.303 e. The molecule has 156 valence electrons. The monoisotopic (exact) mass is 408 g/mol. The first-order valence-electron chi connectivity index (χ1n) is 9.42. The molecule has 0 aromatic heterocycles. The van der Waals surface area contributed by atoms with Gasteiger partial charge in [-0.05, 0) is 78.9 Å². The fraction of sp³-hybridized carbons (Fsp3) is 0.208. The van der Waals surface area contributed by atoms with Crippen LogP contribution >= 0.6 is 0 Å². The molecule has 2 aromatic carbocycles. The molecule has 0 heterocycles. The lowest BCUT2D eigenvalue weighted by Gasteiger charge is -2.09. The van der Waals surface area contributed by atoms with E-state index in [1.54, 1.807) is 38.1 Å². The van der Waals surface area contributed by atoms with Crippen LogP contribution < -0.4 is 0 Å². The lowest BCUT2D eigenvalue weighted by molar-refractivity contribution is -0.137. The molecular weight excluding hydrogens is 384 g/mol. The number of phenolic OH excluding ortho intramolecular Hbond substituents is 2. The second-order valence-corrected chi connectivity index (χ2v) is 7.05. The Morgan fingerprint density at radius 3 is 1.63 bits per heavy atom. The number of carbonyl (C=O) groups is 3. The summed E-state index contributed by atoms with van der Waals surface area (Å²) in [5.74, 6) is -2.89. The van der Waals surface area contributed by atoms with E-state index < -0.39 is 23.5 Å². The first kappa shape index (κ1) is 22.6. The van der Waals surface area contributed by atoms with E-state index in [1.165, 1.54) is 36.4 Å². The van der Waals surface area contributed by atoms with Crippen molar-refractivity contribution < 1.29 is 29.7 Å². The molecule has 0 amide bonds. The van der Waals surface area contributed by atoms with Gasteiger partial charge in [-0.2, -0.15) is 0 Å². The van der Waals surface area contributed by atoms with Gasteiger partial charge in [0.1, 0.15) is 11.5 Å². The molecular formula is C24H24O6. The van der Waals surface area contributed by atoms with Crippen LogP contribution in [0.1, 0.15) is 35.1 Å².